The Hall–Kier alpha value is -6.84. The van der Waals surface area contributed by atoms with E-state index in [-0.39, 0.29) is 0 Å². The molecule has 0 spiro atoms. The van der Waals surface area contributed by atoms with Crippen molar-refractivity contribution in [3.05, 3.63) is 259 Å². The Bertz CT molecular complexity index is 5220. The Morgan fingerprint density at radius 3 is 0.614 bits per heavy atom. The van der Waals surface area contributed by atoms with Gasteiger partial charge in [-0.1, -0.05) is 194 Å². The predicted octanol–water partition coefficient (Wildman–Crippen LogP) is 26.5. The van der Waals surface area contributed by atoms with Crippen molar-refractivity contribution in [3.8, 4) is 44.5 Å². The van der Waals surface area contributed by atoms with Gasteiger partial charge in [0.15, 0.2) is 0 Å². The molecule has 2 N–H and O–H groups in total. The van der Waals surface area contributed by atoms with Crippen LogP contribution >= 0.6 is 127 Å². The van der Waals surface area contributed by atoms with Crippen molar-refractivity contribution in [1.29, 1.82) is 0 Å². The number of rotatable bonds is 4. The Balaban J connectivity index is 1.17. The highest BCUT2D eigenvalue weighted by Gasteiger charge is 2.33. The van der Waals surface area contributed by atoms with Crippen LogP contribution in [0.4, 0.5) is 0 Å². The number of aromatic amines is 2. The zero-order valence-corrected chi connectivity index (χ0v) is 58.4. The van der Waals surface area contributed by atoms with Gasteiger partial charge in [-0.05, 0) is 260 Å². The maximum atomic E-state index is 6.06. The minimum absolute atomic E-state index is 0.727. The second kappa shape index (κ2) is 21.4. The van der Waals surface area contributed by atoms with Gasteiger partial charge in [0, 0.05) is 22.3 Å². The van der Waals surface area contributed by atoms with E-state index < -0.39 is 0 Å². The molecule has 0 radical (unpaired) electrons. The third-order valence-corrected chi connectivity index (χ3v) is 25.9. The molecule has 418 valence electrons. The Morgan fingerprint density at radius 1 is 0.216 bits per heavy atom. The molecule has 12 heteroatoms. The van der Waals surface area contributed by atoms with Crippen LogP contribution in [0.15, 0.2) is 236 Å². The molecule has 2 aliphatic rings. The fourth-order valence-electron chi connectivity index (χ4n) is 13.7. The van der Waals surface area contributed by atoms with Crippen LogP contribution in [-0.2, 0) is 0 Å². The minimum atomic E-state index is 0.727. The summed E-state index contributed by atoms with van der Waals surface area (Å²) in [7, 11) is 0. The standard InChI is InChI=1S/C76H38Br8N4/c77-61-63(79)71-58(54-34-38-18-2-6-22-42(38)46-26-10-14-30-50(46)54)73-65(81)67(83)75(87-73)60(56-36-40-20-4-8-24-44(40)48-28-12-16-32-52(48)56)76-68(84)66(82)74(88-76)59(55-35-39-19-3-7-23-43(39)47-27-11-15-31-51(47)55)72-64(80)62(78)70(86-72)57(69(61)85-71)53-33-37-17-1-5-21-41(37)45-25-9-13-29-49(45)53/h1-36,85,88H. The van der Waals surface area contributed by atoms with E-state index in [0.717, 1.165) is 211 Å². The van der Waals surface area contributed by atoms with Crippen molar-refractivity contribution in [1.82, 2.24) is 19.9 Å². The lowest BCUT2D eigenvalue weighted by atomic mass is 9.92. The maximum absolute atomic E-state index is 6.06. The van der Waals surface area contributed by atoms with Gasteiger partial charge >= 0.3 is 0 Å². The van der Waals surface area contributed by atoms with E-state index in [1.165, 1.54) is 0 Å². The van der Waals surface area contributed by atoms with E-state index in [0.29, 0.717) is 0 Å². The van der Waals surface area contributed by atoms with Crippen molar-refractivity contribution >= 4 is 254 Å². The molecular formula is C76H38Br8N4. The normalized spacial score (nSPS) is 12.9. The van der Waals surface area contributed by atoms with Crippen molar-refractivity contribution in [2.75, 3.05) is 0 Å². The highest BCUT2D eigenvalue weighted by atomic mass is 79.9. The van der Waals surface area contributed by atoms with Gasteiger partial charge < -0.3 is 9.97 Å². The summed E-state index contributed by atoms with van der Waals surface area (Å²) in [4.78, 5) is 20.5. The summed E-state index contributed by atoms with van der Waals surface area (Å²) >= 11 is 34.6. The largest absolute Gasteiger partial charge is 0.352 e. The van der Waals surface area contributed by atoms with Crippen LogP contribution < -0.4 is 0 Å². The van der Waals surface area contributed by atoms with Crippen LogP contribution in [0.2, 0.25) is 0 Å². The summed E-state index contributed by atoms with van der Waals surface area (Å²) < 4.78 is 6.42. The Kier molecular flexibility index (Phi) is 13.4. The van der Waals surface area contributed by atoms with Crippen molar-refractivity contribution in [2.24, 2.45) is 0 Å². The number of hydrogen-bond donors (Lipinski definition) is 2. The molecule has 8 bridgehead atoms. The van der Waals surface area contributed by atoms with Crippen molar-refractivity contribution in [3.63, 3.8) is 0 Å². The van der Waals surface area contributed by atoms with E-state index in [4.69, 9.17) is 9.97 Å². The summed E-state index contributed by atoms with van der Waals surface area (Å²) in [6.45, 7) is 0. The van der Waals surface area contributed by atoms with Crippen molar-refractivity contribution in [2.45, 2.75) is 0 Å². The molecule has 4 nitrogen and oxygen atoms in total. The van der Waals surface area contributed by atoms with Gasteiger partial charge in [0.2, 0.25) is 0 Å². The lowest BCUT2D eigenvalue weighted by molar-refractivity contribution is 1.31. The van der Waals surface area contributed by atoms with Gasteiger partial charge in [-0.2, -0.15) is 0 Å². The third-order valence-electron chi connectivity index (χ3n) is 17.5. The molecule has 88 heavy (non-hydrogen) atoms. The molecule has 0 aliphatic carbocycles. The van der Waals surface area contributed by atoms with Crippen LogP contribution in [0.1, 0.15) is 22.8 Å². The molecule has 0 fully saturated rings. The Labute approximate surface area is 570 Å². The average Bonchev–Trinajstić information content (AvgIpc) is 1.61. The minimum Gasteiger partial charge on any atom is -0.352 e. The van der Waals surface area contributed by atoms with Gasteiger partial charge in [0.1, 0.15) is 0 Å². The number of nitrogens with zero attached hydrogens (tertiary/aromatic N) is 2. The smallest absolute Gasteiger partial charge is 0.0891 e. The molecule has 2 aliphatic heterocycles. The van der Waals surface area contributed by atoms with E-state index in [1.807, 2.05) is 0 Å². The first-order chi connectivity index (χ1) is 43.0. The number of fused-ring (bicyclic) bond motifs is 20. The summed E-state index contributed by atoms with van der Waals surface area (Å²) in [6.07, 6.45) is 0. The summed E-state index contributed by atoms with van der Waals surface area (Å²) in [6, 6.07) is 78.7. The zero-order chi connectivity index (χ0) is 59.4. The molecule has 12 aromatic carbocycles. The van der Waals surface area contributed by atoms with E-state index in [9.17, 15) is 0 Å². The number of benzene rings is 12. The van der Waals surface area contributed by atoms with Crippen molar-refractivity contribution < 1.29 is 0 Å². The lowest BCUT2D eigenvalue weighted by Crippen LogP contribution is -1.93. The lowest BCUT2D eigenvalue weighted by Gasteiger charge is -2.14. The van der Waals surface area contributed by atoms with Crippen LogP contribution in [0.3, 0.4) is 0 Å². The van der Waals surface area contributed by atoms with Crippen LogP contribution in [0, 0.1) is 0 Å². The molecule has 0 saturated heterocycles. The van der Waals surface area contributed by atoms with E-state index >= 15 is 0 Å². The predicted molar refractivity (Wildman–Crippen MR) is 403 cm³/mol. The highest BCUT2D eigenvalue weighted by Crippen LogP contribution is 2.56. The first kappa shape index (κ1) is 55.2. The molecule has 0 unspecified atom stereocenters. The first-order valence-corrected chi connectivity index (χ1v) is 34.7. The fraction of sp³-hybridized carbons (Fsp3) is 0. The molecule has 0 amide bonds. The number of nitrogens with one attached hydrogen (secondary N) is 2. The summed E-state index contributed by atoms with van der Waals surface area (Å²) in [5.41, 5.74) is 13.6. The molecule has 15 aromatic rings. The topological polar surface area (TPSA) is 57.4 Å². The second-order valence-electron chi connectivity index (χ2n) is 22.1. The SMILES string of the molecule is BrC1=C(Br)c2nc1c(-c1cc3ccccc3c3ccccc13)c1[nH]c(c(Br)c1Br)c(-c1cc3ccccc3c3ccccc13)c1nc(c(-c3cc4ccccc4c4ccccc34)c3[nH]c(c(Br)c3Br)c2-c2cc3ccccc3c3ccccc23)C(Br)=C1Br. The fourth-order valence-corrected chi connectivity index (χ4v) is 17.5. The van der Waals surface area contributed by atoms with Gasteiger partial charge in [-0.25, -0.2) is 9.97 Å². The molecule has 0 saturated carbocycles. The second-order valence-corrected chi connectivity index (χ2v) is 28.5. The molecule has 0 atom stereocenters. The number of hydrogen-bond acceptors (Lipinski definition) is 2. The third kappa shape index (κ3) is 8.32. The summed E-state index contributed by atoms with van der Waals surface area (Å²) in [5.74, 6) is 0. The monoisotopic (exact) mass is 1640 g/mol. The average molecular weight is 1650 g/mol. The highest BCUT2D eigenvalue weighted by molar-refractivity contribution is 9.18. The van der Waals surface area contributed by atoms with Gasteiger partial charge in [-0.15, -0.1) is 0 Å². The zero-order valence-electron chi connectivity index (χ0n) is 45.7. The number of halogens is 8. The number of aromatic nitrogens is 4. The van der Waals surface area contributed by atoms with Crippen LogP contribution in [0.5, 0.6) is 0 Å². The molecule has 17 rings (SSSR count). The summed E-state index contributed by atoms with van der Waals surface area (Å²) in [5, 5.41) is 17.9. The van der Waals surface area contributed by atoms with Gasteiger partial charge in [0.05, 0.1) is 80.7 Å². The Morgan fingerprint density at radius 2 is 0.398 bits per heavy atom. The van der Waals surface area contributed by atoms with E-state index in [2.05, 4.69) is 356 Å². The van der Waals surface area contributed by atoms with E-state index in [1.54, 1.807) is 0 Å². The quantitative estimate of drug-likeness (QED) is 0.173. The van der Waals surface area contributed by atoms with Gasteiger partial charge in [0.25, 0.3) is 0 Å². The molecule has 5 heterocycles. The number of H-pyrrole nitrogens is 2. The van der Waals surface area contributed by atoms with Crippen LogP contribution in [-0.4, -0.2) is 19.9 Å². The molecule has 3 aromatic heterocycles. The first-order valence-electron chi connectivity index (χ1n) is 28.3. The van der Waals surface area contributed by atoms with Crippen LogP contribution in [0.25, 0.3) is 171 Å². The maximum Gasteiger partial charge on any atom is 0.0891 e. The molecular weight excluding hydrogens is 1610 g/mol. The van der Waals surface area contributed by atoms with Gasteiger partial charge in [-0.3, -0.25) is 0 Å².